The molecule has 0 rings (SSSR count). The van der Waals surface area contributed by atoms with Gasteiger partial charge in [-0.1, -0.05) is 6.58 Å². The number of rotatable bonds is 6. The molecule has 0 aromatic carbocycles. The van der Waals surface area contributed by atoms with E-state index in [1.165, 1.54) is 6.26 Å². The van der Waals surface area contributed by atoms with Crippen LogP contribution < -0.4 is 0 Å². The summed E-state index contributed by atoms with van der Waals surface area (Å²) in [6.45, 7) is 6.29. The fourth-order valence-corrected chi connectivity index (χ4v) is 2.06. The van der Waals surface area contributed by atoms with E-state index in [9.17, 15) is 24.6 Å². The van der Waals surface area contributed by atoms with Gasteiger partial charge in [-0.15, -0.1) is 7.77 Å². The van der Waals surface area contributed by atoms with Crippen molar-refractivity contribution in [2.75, 3.05) is 18.6 Å². The van der Waals surface area contributed by atoms with E-state index < -0.39 is 37.9 Å². The Morgan fingerprint density at radius 3 is 1.50 bits per heavy atom. The van der Waals surface area contributed by atoms with Crippen molar-refractivity contribution < 1.29 is 62.1 Å². The van der Waals surface area contributed by atoms with Gasteiger partial charge in [-0.3, -0.25) is 0 Å². The largest absolute Gasteiger partial charge is 0.505 e. The monoisotopic (exact) mass is 380 g/mol. The Morgan fingerprint density at radius 2 is 1.39 bits per heavy atom. The topological polar surface area (TPSA) is 77.5 Å². The molecule has 0 amide bonds. The molecule has 0 fully saturated rings. The Kier molecular flexibility index (Phi) is 14.0. The molecule has 0 bridgehead atoms. The minimum absolute atomic E-state index is 0. The molecule has 0 aromatic rings. The number of ether oxygens (including phenoxy) is 1. The van der Waals surface area contributed by atoms with E-state index in [0.29, 0.717) is 0 Å². The zero-order chi connectivity index (χ0) is 14.1. The van der Waals surface area contributed by atoms with Gasteiger partial charge in [0.25, 0.3) is 20.4 Å². The first-order valence-corrected chi connectivity index (χ1v) is 7.11. The number of halogens is 2. The molecular weight excluding hydrogens is 367 g/mol. The summed E-state index contributed by atoms with van der Waals surface area (Å²) in [6.07, 6.45) is 2.17. The van der Waals surface area contributed by atoms with Crippen LogP contribution in [0.25, 0.3) is 0 Å². The molecule has 0 saturated carbocycles. The standard InChI is InChI=1S/C5H7F2O4S2.C3H6O.Y/c1-2-5(3-12(6,8)9)4-13(7,10)11;1-3-4-2;/h2H,1,3-4H2;3H,1H2,2H3;/q-1;;. The maximum Gasteiger partial charge on any atom is 0.290 e. The summed E-state index contributed by atoms with van der Waals surface area (Å²) in [7, 11) is -8.13. The van der Waals surface area contributed by atoms with Gasteiger partial charge < -0.3 is 4.74 Å². The molecule has 0 aromatic heterocycles. The van der Waals surface area contributed by atoms with E-state index in [1.54, 1.807) is 7.11 Å². The normalized spacial score (nSPS) is 10.2. The zero-order valence-electron chi connectivity index (χ0n) is 9.67. The van der Waals surface area contributed by atoms with Crippen molar-refractivity contribution in [3.05, 3.63) is 31.4 Å². The van der Waals surface area contributed by atoms with Crippen molar-refractivity contribution in [1.82, 2.24) is 0 Å². The van der Waals surface area contributed by atoms with Crippen LogP contribution in [0.2, 0.25) is 0 Å². The van der Waals surface area contributed by atoms with Gasteiger partial charge in [-0.25, -0.2) is 12.7 Å². The van der Waals surface area contributed by atoms with Gasteiger partial charge in [0, 0.05) is 44.2 Å². The van der Waals surface area contributed by atoms with Crippen molar-refractivity contribution in [3.63, 3.8) is 0 Å². The molecule has 1 radical (unpaired) electrons. The Balaban J connectivity index is -0.000000392. The van der Waals surface area contributed by atoms with Crippen molar-refractivity contribution in [1.29, 1.82) is 0 Å². The van der Waals surface area contributed by atoms with Crippen LogP contribution in [-0.2, 0) is 57.9 Å². The molecule has 0 aliphatic heterocycles. The summed E-state index contributed by atoms with van der Waals surface area (Å²) >= 11 is 0. The van der Waals surface area contributed by atoms with Crippen molar-refractivity contribution >= 4 is 20.4 Å². The van der Waals surface area contributed by atoms with Crippen LogP contribution in [0.3, 0.4) is 0 Å². The smallest absolute Gasteiger partial charge is 0.290 e. The van der Waals surface area contributed by atoms with Crippen LogP contribution in [0.1, 0.15) is 0 Å². The second-order valence-corrected chi connectivity index (χ2v) is 5.36. The third kappa shape index (κ3) is 21.3. The molecule has 10 heteroatoms. The Bertz CT molecular complexity index is 398. The quantitative estimate of drug-likeness (QED) is 0.392. The molecule has 0 aliphatic carbocycles. The van der Waals surface area contributed by atoms with E-state index in [0.717, 1.165) is 6.08 Å². The van der Waals surface area contributed by atoms with Gasteiger partial charge in [0.05, 0.1) is 13.4 Å². The van der Waals surface area contributed by atoms with E-state index in [4.69, 9.17) is 0 Å². The fraction of sp³-hybridized carbons (Fsp3) is 0.375. The van der Waals surface area contributed by atoms with Crippen LogP contribution in [0.4, 0.5) is 7.77 Å². The van der Waals surface area contributed by atoms with E-state index in [2.05, 4.69) is 17.9 Å². The summed E-state index contributed by atoms with van der Waals surface area (Å²) in [5, 5.41) is 0. The maximum atomic E-state index is 12.0. The Morgan fingerprint density at radius 1 is 1.11 bits per heavy atom. The van der Waals surface area contributed by atoms with Crippen molar-refractivity contribution in [3.8, 4) is 0 Å². The molecule has 18 heavy (non-hydrogen) atoms. The minimum Gasteiger partial charge on any atom is -0.505 e. The molecular formula is C8H13F2O5S2Y-. The van der Waals surface area contributed by atoms with Gasteiger partial charge in [-0.2, -0.15) is 22.8 Å². The summed E-state index contributed by atoms with van der Waals surface area (Å²) in [5.74, 6) is -2.75. The SMILES string of the molecule is C=COC.C=C[C-](CS(=O)(=O)F)CS(=O)(=O)F.[Y]. The number of methoxy groups -OCH3 is 1. The fourth-order valence-electron chi connectivity index (χ4n) is 0.602. The number of allylic oxidation sites excluding steroid dienone is 1. The van der Waals surface area contributed by atoms with Crippen LogP contribution in [0, 0.1) is 5.92 Å². The molecule has 0 spiro atoms. The average Bonchev–Trinajstić information content (AvgIpc) is 2.13. The molecule has 0 N–H and O–H groups in total. The van der Waals surface area contributed by atoms with E-state index in [1.807, 2.05) is 0 Å². The first-order chi connectivity index (χ1) is 7.55. The second kappa shape index (κ2) is 10.9. The molecule has 0 aliphatic rings. The van der Waals surface area contributed by atoms with Gasteiger partial charge in [-0.05, 0) is 0 Å². The predicted molar refractivity (Wildman–Crippen MR) is 60.4 cm³/mol. The second-order valence-electron chi connectivity index (χ2n) is 2.63. The van der Waals surface area contributed by atoms with Gasteiger partial charge in [0.15, 0.2) is 0 Å². The summed E-state index contributed by atoms with van der Waals surface area (Å²) in [4.78, 5) is 0. The maximum absolute atomic E-state index is 12.0. The number of hydrogen-bond donors (Lipinski definition) is 0. The molecule has 0 heterocycles. The molecule has 0 saturated heterocycles. The predicted octanol–water partition coefficient (Wildman–Crippen LogP) is 1.12. The van der Waals surface area contributed by atoms with E-state index in [-0.39, 0.29) is 32.7 Å². The van der Waals surface area contributed by atoms with Crippen LogP contribution >= 0.6 is 0 Å². The molecule has 0 unspecified atom stereocenters. The Labute approximate surface area is 132 Å². The van der Waals surface area contributed by atoms with E-state index >= 15 is 0 Å². The summed E-state index contributed by atoms with van der Waals surface area (Å²) < 4.78 is 68.4. The Hall–Kier alpha value is 0.0139. The van der Waals surface area contributed by atoms with Gasteiger partial charge >= 0.3 is 0 Å². The molecule has 105 valence electrons. The van der Waals surface area contributed by atoms with Gasteiger partial charge in [0.2, 0.25) is 0 Å². The first-order valence-electron chi connectivity index (χ1n) is 4.01. The molecule has 5 nitrogen and oxygen atoms in total. The van der Waals surface area contributed by atoms with Crippen molar-refractivity contribution in [2.45, 2.75) is 0 Å². The summed E-state index contributed by atoms with van der Waals surface area (Å²) in [6, 6.07) is 0. The minimum atomic E-state index is -4.85. The van der Waals surface area contributed by atoms with Gasteiger partial charge in [0.1, 0.15) is 0 Å². The molecule has 0 atom stereocenters. The summed E-state index contributed by atoms with van der Waals surface area (Å²) in [5.41, 5.74) is 0. The third-order valence-corrected chi connectivity index (χ3v) is 2.60. The third-order valence-electron chi connectivity index (χ3n) is 1.17. The average molecular weight is 380 g/mol. The zero-order valence-corrected chi connectivity index (χ0v) is 14.1. The first kappa shape index (κ1) is 23.1. The van der Waals surface area contributed by atoms with Crippen LogP contribution in [0.15, 0.2) is 25.5 Å². The van der Waals surface area contributed by atoms with Crippen LogP contribution in [0.5, 0.6) is 0 Å². The van der Waals surface area contributed by atoms with Crippen LogP contribution in [-0.4, -0.2) is 35.5 Å². The van der Waals surface area contributed by atoms with Crippen molar-refractivity contribution in [2.24, 2.45) is 0 Å². The number of hydrogen-bond acceptors (Lipinski definition) is 5.